The van der Waals surface area contributed by atoms with Gasteiger partial charge in [-0.05, 0) is 31.4 Å². The number of hydrogen-bond acceptors (Lipinski definition) is 3. The fraction of sp³-hybridized carbons (Fsp3) is 0.600. The van der Waals surface area contributed by atoms with Gasteiger partial charge in [0.25, 0.3) is 0 Å². The number of carbonyl (C=O) groups is 1. The SMILES string of the molecule is CCC(SC1CCCCC1)C(=O)Nc1cccnc1. The Morgan fingerprint density at radius 1 is 1.47 bits per heavy atom. The van der Waals surface area contributed by atoms with Gasteiger partial charge in [0.1, 0.15) is 0 Å². The van der Waals surface area contributed by atoms with Crippen molar-refractivity contribution in [1.29, 1.82) is 0 Å². The summed E-state index contributed by atoms with van der Waals surface area (Å²) in [6.07, 6.45) is 10.8. The second-order valence-corrected chi connectivity index (χ2v) is 6.53. The van der Waals surface area contributed by atoms with Gasteiger partial charge in [0.15, 0.2) is 0 Å². The molecule has 1 aliphatic carbocycles. The van der Waals surface area contributed by atoms with Crippen LogP contribution in [-0.2, 0) is 4.79 Å². The molecule has 3 nitrogen and oxygen atoms in total. The zero-order valence-corrected chi connectivity index (χ0v) is 12.3. The Labute approximate surface area is 119 Å². The summed E-state index contributed by atoms with van der Waals surface area (Å²) in [5, 5.41) is 3.68. The third-order valence-corrected chi connectivity index (χ3v) is 5.23. The Hall–Kier alpha value is -1.03. The van der Waals surface area contributed by atoms with Crippen molar-refractivity contribution in [3.05, 3.63) is 24.5 Å². The fourth-order valence-corrected chi connectivity index (χ4v) is 3.88. The van der Waals surface area contributed by atoms with Gasteiger partial charge in [-0.3, -0.25) is 9.78 Å². The van der Waals surface area contributed by atoms with Crippen LogP contribution in [0.15, 0.2) is 24.5 Å². The topological polar surface area (TPSA) is 42.0 Å². The van der Waals surface area contributed by atoms with Gasteiger partial charge in [-0.2, -0.15) is 0 Å². The number of amides is 1. The van der Waals surface area contributed by atoms with Gasteiger partial charge in [0.2, 0.25) is 5.91 Å². The molecule has 0 aliphatic heterocycles. The second kappa shape index (κ2) is 7.53. The first kappa shape index (κ1) is 14.4. The molecule has 1 N–H and O–H groups in total. The van der Waals surface area contributed by atoms with E-state index in [1.807, 2.05) is 23.9 Å². The molecule has 0 aromatic carbocycles. The highest BCUT2D eigenvalue weighted by Gasteiger charge is 2.23. The van der Waals surface area contributed by atoms with Crippen LogP contribution < -0.4 is 5.32 Å². The summed E-state index contributed by atoms with van der Waals surface area (Å²) in [4.78, 5) is 16.3. The lowest BCUT2D eigenvalue weighted by atomic mass is 10.0. The molecule has 19 heavy (non-hydrogen) atoms. The number of aromatic nitrogens is 1. The van der Waals surface area contributed by atoms with Crippen LogP contribution in [0.1, 0.15) is 45.4 Å². The first-order valence-electron chi connectivity index (χ1n) is 7.16. The Kier molecular flexibility index (Phi) is 5.70. The summed E-state index contributed by atoms with van der Waals surface area (Å²) in [5.74, 6) is 0.117. The largest absolute Gasteiger partial charge is 0.324 e. The molecule has 1 fully saturated rings. The highest BCUT2D eigenvalue weighted by molar-refractivity contribution is 8.01. The fourth-order valence-electron chi connectivity index (χ4n) is 2.44. The van der Waals surface area contributed by atoms with Crippen molar-refractivity contribution in [2.45, 2.75) is 55.9 Å². The van der Waals surface area contributed by atoms with E-state index in [0.717, 1.165) is 12.1 Å². The van der Waals surface area contributed by atoms with Gasteiger partial charge in [0, 0.05) is 11.4 Å². The summed E-state index contributed by atoms with van der Waals surface area (Å²) in [6.45, 7) is 2.09. The number of rotatable bonds is 5. The van der Waals surface area contributed by atoms with Gasteiger partial charge in [0.05, 0.1) is 17.1 Å². The molecular weight excluding hydrogens is 256 g/mol. The Bertz CT molecular complexity index is 390. The van der Waals surface area contributed by atoms with Crippen molar-refractivity contribution in [3.8, 4) is 0 Å². The number of hydrogen-bond donors (Lipinski definition) is 1. The van der Waals surface area contributed by atoms with E-state index in [0.29, 0.717) is 5.25 Å². The van der Waals surface area contributed by atoms with Crippen molar-refractivity contribution in [3.63, 3.8) is 0 Å². The minimum absolute atomic E-state index is 0.0586. The minimum Gasteiger partial charge on any atom is -0.324 e. The van der Waals surface area contributed by atoms with Crippen molar-refractivity contribution in [2.24, 2.45) is 0 Å². The van der Waals surface area contributed by atoms with Crippen molar-refractivity contribution >= 4 is 23.4 Å². The van der Waals surface area contributed by atoms with Crippen LogP contribution >= 0.6 is 11.8 Å². The van der Waals surface area contributed by atoms with Crippen molar-refractivity contribution in [1.82, 2.24) is 4.98 Å². The van der Waals surface area contributed by atoms with Crippen LogP contribution in [0.3, 0.4) is 0 Å². The summed E-state index contributed by atoms with van der Waals surface area (Å²) < 4.78 is 0. The molecule has 0 spiro atoms. The smallest absolute Gasteiger partial charge is 0.237 e. The van der Waals surface area contributed by atoms with Crippen molar-refractivity contribution in [2.75, 3.05) is 5.32 Å². The molecule has 1 unspecified atom stereocenters. The summed E-state index contributed by atoms with van der Waals surface area (Å²) >= 11 is 1.86. The Morgan fingerprint density at radius 3 is 2.89 bits per heavy atom. The normalized spacial score (nSPS) is 17.9. The summed E-state index contributed by atoms with van der Waals surface area (Å²) in [5.41, 5.74) is 0.787. The highest BCUT2D eigenvalue weighted by Crippen LogP contribution is 2.32. The van der Waals surface area contributed by atoms with Gasteiger partial charge in [-0.25, -0.2) is 0 Å². The molecule has 0 radical (unpaired) electrons. The molecule has 0 bridgehead atoms. The Morgan fingerprint density at radius 2 is 2.26 bits per heavy atom. The second-order valence-electron chi connectivity index (χ2n) is 5.02. The maximum absolute atomic E-state index is 12.3. The zero-order chi connectivity index (χ0) is 13.5. The van der Waals surface area contributed by atoms with Gasteiger partial charge in [-0.1, -0.05) is 26.2 Å². The van der Waals surface area contributed by atoms with E-state index in [-0.39, 0.29) is 11.2 Å². The summed E-state index contributed by atoms with van der Waals surface area (Å²) in [6, 6.07) is 3.72. The van der Waals surface area contributed by atoms with E-state index >= 15 is 0 Å². The number of carbonyl (C=O) groups excluding carboxylic acids is 1. The number of anilines is 1. The molecular formula is C15H22N2OS. The molecule has 1 saturated carbocycles. The first-order chi connectivity index (χ1) is 9.29. The highest BCUT2D eigenvalue weighted by atomic mass is 32.2. The third-order valence-electron chi connectivity index (χ3n) is 3.50. The van der Waals surface area contributed by atoms with Crippen LogP contribution in [0.25, 0.3) is 0 Å². The Balaban J connectivity index is 1.87. The molecule has 1 aromatic rings. The van der Waals surface area contributed by atoms with Crippen LogP contribution in [0.5, 0.6) is 0 Å². The number of pyridine rings is 1. The molecule has 1 amide bonds. The zero-order valence-electron chi connectivity index (χ0n) is 11.5. The lowest BCUT2D eigenvalue weighted by Crippen LogP contribution is -2.27. The minimum atomic E-state index is 0.0586. The lowest BCUT2D eigenvalue weighted by molar-refractivity contribution is -0.115. The molecule has 4 heteroatoms. The molecule has 1 aliphatic rings. The number of nitrogens with one attached hydrogen (secondary N) is 1. The maximum atomic E-state index is 12.3. The van der Waals surface area contributed by atoms with E-state index in [1.54, 1.807) is 12.4 Å². The molecule has 2 rings (SSSR count). The first-order valence-corrected chi connectivity index (χ1v) is 8.10. The third kappa shape index (κ3) is 4.53. The van der Waals surface area contributed by atoms with Gasteiger partial charge < -0.3 is 5.32 Å². The molecule has 1 heterocycles. The van der Waals surface area contributed by atoms with E-state index in [1.165, 1.54) is 32.1 Å². The number of thioether (sulfide) groups is 1. The molecule has 104 valence electrons. The van der Waals surface area contributed by atoms with Crippen molar-refractivity contribution < 1.29 is 4.79 Å². The monoisotopic (exact) mass is 278 g/mol. The van der Waals surface area contributed by atoms with E-state index in [9.17, 15) is 4.79 Å². The number of nitrogens with zero attached hydrogens (tertiary/aromatic N) is 1. The van der Waals surface area contributed by atoms with Gasteiger partial charge >= 0.3 is 0 Å². The molecule has 0 saturated heterocycles. The van der Waals surface area contributed by atoms with Crippen LogP contribution in [0, 0.1) is 0 Å². The summed E-state index contributed by atoms with van der Waals surface area (Å²) in [7, 11) is 0. The average Bonchev–Trinajstić information content (AvgIpc) is 2.47. The van der Waals surface area contributed by atoms with Gasteiger partial charge in [-0.15, -0.1) is 11.8 Å². The van der Waals surface area contributed by atoms with E-state index < -0.39 is 0 Å². The molecule has 1 aromatic heterocycles. The van der Waals surface area contributed by atoms with Crippen LogP contribution in [0.4, 0.5) is 5.69 Å². The standard InChI is InChI=1S/C15H22N2OS/c1-2-14(19-13-8-4-3-5-9-13)15(18)17-12-7-6-10-16-11-12/h6-7,10-11,13-14H,2-5,8-9H2,1H3,(H,17,18). The van der Waals surface area contributed by atoms with Crippen LogP contribution in [-0.4, -0.2) is 21.4 Å². The quantitative estimate of drug-likeness (QED) is 0.889. The van der Waals surface area contributed by atoms with Crippen LogP contribution in [0.2, 0.25) is 0 Å². The van der Waals surface area contributed by atoms with E-state index in [4.69, 9.17) is 0 Å². The predicted molar refractivity (Wildman–Crippen MR) is 81.4 cm³/mol. The predicted octanol–water partition coefficient (Wildman–Crippen LogP) is 3.86. The molecule has 1 atom stereocenters. The lowest BCUT2D eigenvalue weighted by Gasteiger charge is -2.25. The maximum Gasteiger partial charge on any atom is 0.237 e. The van der Waals surface area contributed by atoms with E-state index in [2.05, 4.69) is 17.2 Å². The average molecular weight is 278 g/mol.